The van der Waals surface area contributed by atoms with Crippen molar-refractivity contribution in [3.05, 3.63) is 33.9 Å². The molecule has 0 radical (unpaired) electrons. The first-order valence-corrected chi connectivity index (χ1v) is 7.38. The standard InChI is InChI=1S/C17H28/c1-6-11-14-12-13(7-2)15(8-3)17(10-5)16(14)9-4/h12H,6-11H2,1-5H3. The molecule has 96 valence electrons. The average Bonchev–Trinajstić information content (AvgIpc) is 2.37. The van der Waals surface area contributed by atoms with Crippen LogP contribution in [0.2, 0.25) is 0 Å². The van der Waals surface area contributed by atoms with Crippen molar-refractivity contribution >= 4 is 0 Å². The number of benzene rings is 1. The van der Waals surface area contributed by atoms with Gasteiger partial charge in [-0.2, -0.15) is 0 Å². The zero-order valence-corrected chi connectivity index (χ0v) is 12.3. The smallest absolute Gasteiger partial charge is 0.0279 e. The molecule has 0 spiro atoms. The van der Waals surface area contributed by atoms with Crippen LogP contribution in [0.15, 0.2) is 6.07 Å². The highest BCUT2D eigenvalue weighted by Gasteiger charge is 2.13. The van der Waals surface area contributed by atoms with E-state index in [-0.39, 0.29) is 0 Å². The molecule has 0 unspecified atom stereocenters. The molecule has 1 aromatic rings. The Morgan fingerprint density at radius 1 is 0.647 bits per heavy atom. The molecule has 0 aliphatic heterocycles. The third kappa shape index (κ3) is 2.91. The molecule has 1 aromatic carbocycles. The second-order valence-corrected chi connectivity index (χ2v) is 4.79. The Kier molecular flexibility index (Phi) is 5.74. The Labute approximate surface area is 107 Å². The predicted molar refractivity (Wildman–Crippen MR) is 77.9 cm³/mol. The van der Waals surface area contributed by atoms with E-state index in [0.29, 0.717) is 0 Å². The highest BCUT2D eigenvalue weighted by molar-refractivity contribution is 5.46. The maximum atomic E-state index is 2.49. The quantitative estimate of drug-likeness (QED) is 0.655. The van der Waals surface area contributed by atoms with Crippen molar-refractivity contribution in [3.63, 3.8) is 0 Å². The predicted octanol–water partition coefficient (Wildman–Crippen LogP) is 4.89. The number of hydrogen-bond acceptors (Lipinski definition) is 0. The minimum atomic E-state index is 1.18. The van der Waals surface area contributed by atoms with E-state index in [9.17, 15) is 0 Å². The van der Waals surface area contributed by atoms with E-state index >= 15 is 0 Å². The molecule has 0 saturated heterocycles. The normalized spacial score (nSPS) is 10.9. The van der Waals surface area contributed by atoms with Crippen molar-refractivity contribution < 1.29 is 0 Å². The molecular formula is C17H28. The van der Waals surface area contributed by atoms with Crippen LogP contribution in [0.5, 0.6) is 0 Å². The summed E-state index contributed by atoms with van der Waals surface area (Å²) in [4.78, 5) is 0. The first-order valence-electron chi connectivity index (χ1n) is 7.38. The van der Waals surface area contributed by atoms with Gasteiger partial charge in [-0.25, -0.2) is 0 Å². The summed E-state index contributed by atoms with van der Waals surface area (Å²) in [5, 5.41) is 0. The summed E-state index contributed by atoms with van der Waals surface area (Å²) >= 11 is 0. The molecular weight excluding hydrogens is 204 g/mol. The summed E-state index contributed by atoms with van der Waals surface area (Å²) in [7, 11) is 0. The van der Waals surface area contributed by atoms with Crippen LogP contribution in [0.3, 0.4) is 0 Å². The summed E-state index contributed by atoms with van der Waals surface area (Å²) < 4.78 is 0. The van der Waals surface area contributed by atoms with Gasteiger partial charge in [0.25, 0.3) is 0 Å². The van der Waals surface area contributed by atoms with Gasteiger partial charge in [-0.3, -0.25) is 0 Å². The molecule has 0 atom stereocenters. The summed E-state index contributed by atoms with van der Waals surface area (Å²) in [6, 6.07) is 2.49. The van der Waals surface area contributed by atoms with E-state index in [1.165, 1.54) is 38.5 Å². The summed E-state index contributed by atoms with van der Waals surface area (Å²) in [6.07, 6.45) is 7.24. The third-order valence-corrected chi connectivity index (χ3v) is 3.81. The van der Waals surface area contributed by atoms with Gasteiger partial charge in [-0.15, -0.1) is 0 Å². The van der Waals surface area contributed by atoms with Gasteiger partial charge in [0.15, 0.2) is 0 Å². The SMILES string of the molecule is CCCc1cc(CC)c(CC)c(CC)c1CC. The van der Waals surface area contributed by atoms with Crippen LogP contribution in [0.1, 0.15) is 68.9 Å². The Morgan fingerprint density at radius 2 is 1.18 bits per heavy atom. The molecule has 0 aliphatic rings. The number of aryl methyl sites for hydroxylation is 2. The molecule has 0 bridgehead atoms. The lowest BCUT2D eigenvalue weighted by Gasteiger charge is -2.20. The maximum absolute atomic E-state index is 2.49. The second kappa shape index (κ2) is 6.83. The zero-order valence-electron chi connectivity index (χ0n) is 12.3. The highest BCUT2D eigenvalue weighted by Crippen LogP contribution is 2.27. The van der Waals surface area contributed by atoms with Crippen LogP contribution in [0.4, 0.5) is 0 Å². The minimum Gasteiger partial charge on any atom is -0.0651 e. The first-order chi connectivity index (χ1) is 8.23. The molecule has 0 nitrogen and oxygen atoms in total. The van der Waals surface area contributed by atoms with Crippen molar-refractivity contribution in [2.45, 2.75) is 73.1 Å². The van der Waals surface area contributed by atoms with E-state index < -0.39 is 0 Å². The van der Waals surface area contributed by atoms with Crippen molar-refractivity contribution in [2.75, 3.05) is 0 Å². The summed E-state index contributed by atoms with van der Waals surface area (Å²) in [6.45, 7) is 11.5. The van der Waals surface area contributed by atoms with Crippen molar-refractivity contribution in [3.8, 4) is 0 Å². The zero-order chi connectivity index (χ0) is 12.8. The minimum absolute atomic E-state index is 1.18. The molecule has 0 heterocycles. The van der Waals surface area contributed by atoms with E-state index in [0.717, 1.165) is 0 Å². The maximum Gasteiger partial charge on any atom is -0.0279 e. The Balaban J connectivity index is 3.42. The Morgan fingerprint density at radius 3 is 1.59 bits per heavy atom. The Bertz CT molecular complexity index is 361. The Hall–Kier alpha value is -0.780. The van der Waals surface area contributed by atoms with E-state index in [1.807, 2.05) is 0 Å². The summed E-state index contributed by atoms with van der Waals surface area (Å²) in [5.41, 5.74) is 8.12. The fourth-order valence-corrected chi connectivity index (χ4v) is 3.07. The average molecular weight is 232 g/mol. The fourth-order valence-electron chi connectivity index (χ4n) is 3.07. The monoisotopic (exact) mass is 232 g/mol. The lowest BCUT2D eigenvalue weighted by molar-refractivity contribution is 0.864. The van der Waals surface area contributed by atoms with Crippen LogP contribution >= 0.6 is 0 Å². The molecule has 0 aliphatic carbocycles. The van der Waals surface area contributed by atoms with Crippen molar-refractivity contribution in [1.29, 1.82) is 0 Å². The van der Waals surface area contributed by atoms with Crippen LogP contribution in [-0.4, -0.2) is 0 Å². The van der Waals surface area contributed by atoms with Crippen molar-refractivity contribution in [1.82, 2.24) is 0 Å². The first kappa shape index (κ1) is 14.3. The number of rotatable bonds is 6. The van der Waals surface area contributed by atoms with Gasteiger partial charge in [0.1, 0.15) is 0 Å². The topological polar surface area (TPSA) is 0 Å². The fraction of sp³-hybridized carbons (Fsp3) is 0.647. The van der Waals surface area contributed by atoms with Crippen LogP contribution in [0.25, 0.3) is 0 Å². The molecule has 1 rings (SSSR count). The summed E-state index contributed by atoms with van der Waals surface area (Å²) in [5.74, 6) is 0. The largest absolute Gasteiger partial charge is 0.0651 e. The van der Waals surface area contributed by atoms with Crippen LogP contribution in [-0.2, 0) is 32.1 Å². The molecule has 0 fully saturated rings. The van der Waals surface area contributed by atoms with Crippen LogP contribution < -0.4 is 0 Å². The van der Waals surface area contributed by atoms with E-state index in [2.05, 4.69) is 40.7 Å². The third-order valence-electron chi connectivity index (χ3n) is 3.81. The van der Waals surface area contributed by atoms with E-state index in [1.54, 1.807) is 27.8 Å². The van der Waals surface area contributed by atoms with Gasteiger partial charge < -0.3 is 0 Å². The molecule has 0 heteroatoms. The molecule has 0 N–H and O–H groups in total. The second-order valence-electron chi connectivity index (χ2n) is 4.79. The van der Waals surface area contributed by atoms with E-state index in [4.69, 9.17) is 0 Å². The molecule has 0 amide bonds. The highest BCUT2D eigenvalue weighted by atomic mass is 14.2. The van der Waals surface area contributed by atoms with Gasteiger partial charge in [0.2, 0.25) is 0 Å². The van der Waals surface area contributed by atoms with Gasteiger partial charge in [-0.05, 0) is 59.9 Å². The number of hydrogen-bond donors (Lipinski definition) is 0. The van der Waals surface area contributed by atoms with Crippen LogP contribution in [0, 0.1) is 0 Å². The van der Waals surface area contributed by atoms with Gasteiger partial charge >= 0.3 is 0 Å². The lowest BCUT2D eigenvalue weighted by Crippen LogP contribution is -2.07. The molecule has 0 aromatic heterocycles. The van der Waals surface area contributed by atoms with Crippen molar-refractivity contribution in [2.24, 2.45) is 0 Å². The van der Waals surface area contributed by atoms with Gasteiger partial charge in [0.05, 0.1) is 0 Å². The lowest BCUT2D eigenvalue weighted by atomic mass is 9.85. The molecule has 0 saturated carbocycles. The molecule has 17 heavy (non-hydrogen) atoms. The van der Waals surface area contributed by atoms with Gasteiger partial charge in [-0.1, -0.05) is 47.1 Å². The van der Waals surface area contributed by atoms with Gasteiger partial charge in [0, 0.05) is 0 Å².